The molecule has 0 bridgehead atoms. The standard InChI is InChI=1S/C15H12ClFN4O2/c1-20-13-12(14(22)21(2)15(20)23)11(5-6-18-13)19-8-3-4-10(17)9(16)7-8/h3-7,12H,1-2H3/p+1. The van der Waals surface area contributed by atoms with Crippen molar-refractivity contribution in [3.63, 3.8) is 0 Å². The number of carbonyl (C=O) groups excluding carboxylic acids is 2. The van der Waals surface area contributed by atoms with Crippen molar-refractivity contribution >= 4 is 40.8 Å². The van der Waals surface area contributed by atoms with Gasteiger partial charge in [0.2, 0.25) is 0 Å². The smallest absolute Gasteiger partial charge is 0.273 e. The molecule has 0 spiro atoms. The fourth-order valence-corrected chi connectivity index (χ4v) is 2.66. The Morgan fingerprint density at radius 2 is 2.00 bits per heavy atom. The van der Waals surface area contributed by atoms with Crippen molar-refractivity contribution in [3.8, 4) is 0 Å². The zero-order valence-corrected chi connectivity index (χ0v) is 13.1. The molecular formula is C15H13ClFN4O2+. The predicted octanol–water partition coefficient (Wildman–Crippen LogP) is 0.698. The summed E-state index contributed by atoms with van der Waals surface area (Å²) in [5, 5.41) is -0.0478. The molecule has 1 unspecified atom stereocenters. The van der Waals surface area contributed by atoms with E-state index in [2.05, 4.69) is 9.98 Å². The van der Waals surface area contributed by atoms with Gasteiger partial charge in [0.25, 0.3) is 11.7 Å². The summed E-state index contributed by atoms with van der Waals surface area (Å²) in [5.41, 5.74) is 0.866. The highest BCUT2D eigenvalue weighted by molar-refractivity contribution is 6.31. The second-order valence-corrected chi connectivity index (χ2v) is 5.58. The number of halogens is 2. The molecule has 1 aromatic carbocycles. The lowest BCUT2D eigenvalue weighted by atomic mass is 9.95. The van der Waals surface area contributed by atoms with Crippen LogP contribution in [0.15, 0.2) is 35.5 Å². The molecule has 23 heavy (non-hydrogen) atoms. The number of fused-ring (bicyclic) bond motifs is 1. The highest BCUT2D eigenvalue weighted by Crippen LogP contribution is 2.24. The summed E-state index contributed by atoms with van der Waals surface area (Å²) >= 11 is 5.76. The zero-order valence-electron chi connectivity index (χ0n) is 12.4. The number of amidine groups is 1. The monoisotopic (exact) mass is 335 g/mol. The van der Waals surface area contributed by atoms with Gasteiger partial charge in [0.1, 0.15) is 5.82 Å². The van der Waals surface area contributed by atoms with Crippen molar-refractivity contribution in [1.82, 2.24) is 9.80 Å². The highest BCUT2D eigenvalue weighted by atomic mass is 35.5. The van der Waals surface area contributed by atoms with Gasteiger partial charge in [-0.3, -0.25) is 9.79 Å². The molecule has 1 fully saturated rings. The van der Waals surface area contributed by atoms with Crippen molar-refractivity contribution < 1.29 is 19.0 Å². The number of nitrogens with one attached hydrogen (secondary N) is 1. The van der Waals surface area contributed by atoms with Crippen molar-refractivity contribution in [1.29, 1.82) is 0 Å². The number of amides is 3. The number of imide groups is 1. The maximum atomic E-state index is 13.2. The Kier molecular flexibility index (Phi) is 3.73. The minimum atomic E-state index is -0.725. The van der Waals surface area contributed by atoms with Crippen molar-refractivity contribution in [2.75, 3.05) is 14.1 Å². The van der Waals surface area contributed by atoms with Gasteiger partial charge in [0, 0.05) is 13.1 Å². The van der Waals surface area contributed by atoms with Gasteiger partial charge < -0.3 is 0 Å². The van der Waals surface area contributed by atoms with Crippen LogP contribution < -0.4 is 4.99 Å². The number of hydrogen-bond donors (Lipinski definition) is 1. The number of hydrogen-bond acceptors (Lipinski definition) is 3. The summed E-state index contributed by atoms with van der Waals surface area (Å²) in [7, 11) is 2.99. The number of rotatable bonds is 1. The van der Waals surface area contributed by atoms with Gasteiger partial charge in [-0.1, -0.05) is 11.6 Å². The van der Waals surface area contributed by atoms with E-state index in [4.69, 9.17) is 11.6 Å². The maximum Gasteiger partial charge on any atom is 0.417 e. The van der Waals surface area contributed by atoms with E-state index in [9.17, 15) is 14.0 Å². The second-order valence-electron chi connectivity index (χ2n) is 5.17. The summed E-state index contributed by atoms with van der Waals surface area (Å²) in [4.78, 5) is 34.1. The lowest BCUT2D eigenvalue weighted by Gasteiger charge is -2.31. The number of aliphatic imine (C=N–C) groups is 1. The molecule has 1 N–H and O–H groups in total. The SMILES string of the molecule is CN1C(=O)C2C(=Nc3ccc(F)c(Cl)c3)C=C[NH+]=C2N(C)C1=O. The normalized spacial score (nSPS) is 22.5. The molecule has 3 rings (SSSR count). The van der Waals surface area contributed by atoms with Gasteiger partial charge in [-0.15, -0.1) is 0 Å². The Bertz CT molecular complexity index is 803. The first-order chi connectivity index (χ1) is 10.9. The van der Waals surface area contributed by atoms with Gasteiger partial charge in [-0.25, -0.2) is 19.1 Å². The fraction of sp³-hybridized carbons (Fsp3) is 0.200. The Balaban J connectivity index is 2.04. The average Bonchev–Trinajstić information content (AvgIpc) is 2.54. The Morgan fingerprint density at radius 3 is 2.70 bits per heavy atom. The van der Waals surface area contributed by atoms with Gasteiger partial charge in [0.05, 0.1) is 29.7 Å². The molecule has 0 saturated carbocycles. The molecule has 1 aromatic rings. The van der Waals surface area contributed by atoms with Crippen LogP contribution in [-0.2, 0) is 4.79 Å². The third kappa shape index (κ3) is 2.53. The van der Waals surface area contributed by atoms with E-state index < -0.39 is 17.8 Å². The molecule has 0 radical (unpaired) electrons. The van der Waals surface area contributed by atoms with Gasteiger partial charge >= 0.3 is 6.03 Å². The van der Waals surface area contributed by atoms with Crippen LogP contribution in [0.2, 0.25) is 5.02 Å². The number of nitrogens with zero attached hydrogens (tertiary/aromatic N) is 3. The van der Waals surface area contributed by atoms with Crippen LogP contribution in [0.3, 0.4) is 0 Å². The summed E-state index contributed by atoms with van der Waals surface area (Å²) in [6, 6.07) is 3.64. The molecular weight excluding hydrogens is 323 g/mol. The van der Waals surface area contributed by atoms with E-state index in [0.29, 0.717) is 17.2 Å². The molecule has 6 nitrogen and oxygen atoms in total. The number of allylic oxidation sites excluding steroid dienone is 1. The van der Waals surface area contributed by atoms with E-state index in [1.807, 2.05) is 0 Å². The summed E-state index contributed by atoms with van der Waals surface area (Å²) in [6.07, 6.45) is 3.24. The molecule has 1 atom stereocenters. The highest BCUT2D eigenvalue weighted by Gasteiger charge is 2.49. The van der Waals surface area contributed by atoms with Crippen LogP contribution in [-0.4, -0.2) is 47.4 Å². The Morgan fingerprint density at radius 1 is 1.26 bits per heavy atom. The molecule has 2 aliphatic rings. The lowest BCUT2D eigenvalue weighted by molar-refractivity contribution is -0.382. The first-order valence-electron chi connectivity index (χ1n) is 6.79. The van der Waals surface area contributed by atoms with E-state index >= 15 is 0 Å². The largest absolute Gasteiger partial charge is 0.417 e. The van der Waals surface area contributed by atoms with Crippen LogP contribution in [0, 0.1) is 11.7 Å². The summed E-state index contributed by atoms with van der Waals surface area (Å²) < 4.78 is 13.2. The van der Waals surface area contributed by atoms with Crippen molar-refractivity contribution in [3.05, 3.63) is 41.3 Å². The molecule has 118 valence electrons. The molecule has 1 saturated heterocycles. The molecule has 3 amide bonds. The molecule has 2 aliphatic heterocycles. The number of urea groups is 1. The van der Waals surface area contributed by atoms with E-state index in [0.717, 1.165) is 4.90 Å². The molecule has 0 aliphatic carbocycles. The van der Waals surface area contributed by atoms with Gasteiger partial charge in [-0.2, -0.15) is 4.90 Å². The first-order valence-corrected chi connectivity index (χ1v) is 7.16. The van der Waals surface area contributed by atoms with Crippen LogP contribution in [0.5, 0.6) is 0 Å². The third-order valence-corrected chi connectivity index (χ3v) is 4.02. The van der Waals surface area contributed by atoms with E-state index in [1.54, 1.807) is 19.3 Å². The molecule has 0 aromatic heterocycles. The number of benzene rings is 1. The fourth-order valence-electron chi connectivity index (χ4n) is 2.49. The average molecular weight is 336 g/mol. The predicted molar refractivity (Wildman–Crippen MR) is 83.0 cm³/mol. The second kappa shape index (κ2) is 5.58. The zero-order chi connectivity index (χ0) is 16.7. The Hall–Kier alpha value is -2.54. The third-order valence-electron chi connectivity index (χ3n) is 3.73. The van der Waals surface area contributed by atoms with Crippen LogP contribution in [0.25, 0.3) is 0 Å². The molecule has 8 heteroatoms. The topological polar surface area (TPSA) is 67.0 Å². The maximum absolute atomic E-state index is 13.2. The van der Waals surface area contributed by atoms with Crippen LogP contribution >= 0.6 is 11.6 Å². The first kappa shape index (κ1) is 15.4. The Labute approximate surface area is 136 Å². The van der Waals surface area contributed by atoms with Gasteiger partial charge in [0.15, 0.2) is 5.92 Å². The van der Waals surface area contributed by atoms with E-state index in [-0.39, 0.29) is 10.9 Å². The quantitative estimate of drug-likeness (QED) is 0.821. The summed E-state index contributed by atoms with van der Waals surface area (Å²) in [6.45, 7) is 0. The minimum absolute atomic E-state index is 0.0478. The number of carbonyl (C=O) groups is 2. The van der Waals surface area contributed by atoms with E-state index in [1.165, 1.54) is 30.1 Å². The molecule has 2 heterocycles. The minimum Gasteiger partial charge on any atom is -0.273 e. The van der Waals surface area contributed by atoms with Gasteiger partial charge in [-0.05, 0) is 18.2 Å². The lowest BCUT2D eigenvalue weighted by Crippen LogP contribution is -2.79. The van der Waals surface area contributed by atoms with Crippen LogP contribution in [0.4, 0.5) is 14.9 Å². The summed E-state index contributed by atoms with van der Waals surface area (Å²) in [5.74, 6) is -1.21. The van der Waals surface area contributed by atoms with Crippen molar-refractivity contribution in [2.24, 2.45) is 10.9 Å². The van der Waals surface area contributed by atoms with Crippen molar-refractivity contribution in [2.45, 2.75) is 0 Å². The van der Waals surface area contributed by atoms with Crippen LogP contribution in [0.1, 0.15) is 0 Å².